The lowest BCUT2D eigenvalue weighted by atomic mass is 10.0. The highest BCUT2D eigenvalue weighted by Gasteiger charge is 2.51. The van der Waals surface area contributed by atoms with E-state index < -0.39 is 5.72 Å². The first-order valence-electron chi connectivity index (χ1n) is 9.74. The smallest absolute Gasteiger partial charge is 0.271 e. The van der Waals surface area contributed by atoms with Gasteiger partial charge in [0.15, 0.2) is 6.54 Å². The highest BCUT2D eigenvalue weighted by molar-refractivity contribution is 6.30. The van der Waals surface area contributed by atoms with Gasteiger partial charge in [0.1, 0.15) is 11.4 Å². The van der Waals surface area contributed by atoms with Gasteiger partial charge in [0.2, 0.25) is 0 Å². The SMILES string of the molecule is CCOc1ccc(C2(O)CN(c3cccc(Cl)c3)C3=[N+]2CCCCC3)cc1. The molecule has 0 saturated heterocycles. The molecule has 0 amide bonds. The van der Waals surface area contributed by atoms with Crippen molar-refractivity contribution in [3.8, 4) is 5.75 Å². The Morgan fingerprint density at radius 3 is 2.70 bits per heavy atom. The van der Waals surface area contributed by atoms with Crippen LogP contribution in [-0.2, 0) is 5.72 Å². The molecule has 2 aromatic carbocycles. The van der Waals surface area contributed by atoms with E-state index in [1.54, 1.807) is 0 Å². The van der Waals surface area contributed by atoms with E-state index in [0.29, 0.717) is 18.2 Å². The predicted octanol–water partition coefficient (Wildman–Crippen LogP) is 4.39. The molecule has 2 aliphatic rings. The van der Waals surface area contributed by atoms with Gasteiger partial charge in [-0.05, 0) is 62.6 Å². The van der Waals surface area contributed by atoms with Crippen LogP contribution in [0.15, 0.2) is 48.5 Å². The molecule has 4 rings (SSSR count). The molecular weight excluding hydrogens is 360 g/mol. The van der Waals surface area contributed by atoms with Crippen molar-refractivity contribution >= 4 is 23.1 Å². The predicted molar refractivity (Wildman–Crippen MR) is 109 cm³/mol. The summed E-state index contributed by atoms with van der Waals surface area (Å²) in [5.74, 6) is 2.01. The zero-order valence-electron chi connectivity index (χ0n) is 15.7. The lowest BCUT2D eigenvalue weighted by Gasteiger charge is -2.23. The van der Waals surface area contributed by atoms with Gasteiger partial charge in [-0.3, -0.25) is 0 Å². The summed E-state index contributed by atoms with van der Waals surface area (Å²) in [5, 5.41) is 12.5. The summed E-state index contributed by atoms with van der Waals surface area (Å²) in [4.78, 5) is 2.23. The molecule has 0 bridgehead atoms. The summed E-state index contributed by atoms with van der Waals surface area (Å²) in [5.41, 5.74) is 0.883. The number of rotatable bonds is 4. The lowest BCUT2D eigenvalue weighted by molar-refractivity contribution is -0.658. The maximum Gasteiger partial charge on any atom is 0.271 e. The number of β-amino-alcohol motifs (C(OH)–C–C–N with tert-alkyl or cyclic N) is 1. The van der Waals surface area contributed by atoms with Crippen molar-refractivity contribution in [3.63, 3.8) is 0 Å². The molecular formula is C22H26ClN2O2+. The first-order chi connectivity index (χ1) is 13.1. The van der Waals surface area contributed by atoms with Crippen molar-refractivity contribution in [1.82, 2.24) is 0 Å². The van der Waals surface area contributed by atoms with Crippen LogP contribution in [0.2, 0.25) is 5.02 Å². The third-order valence-corrected chi connectivity index (χ3v) is 5.71. The van der Waals surface area contributed by atoms with Crippen LogP contribution in [-0.4, -0.2) is 35.2 Å². The maximum atomic E-state index is 11.8. The van der Waals surface area contributed by atoms with E-state index in [9.17, 15) is 5.11 Å². The average molecular weight is 386 g/mol. The van der Waals surface area contributed by atoms with Gasteiger partial charge >= 0.3 is 0 Å². The molecule has 2 heterocycles. The number of hydrogen-bond donors (Lipinski definition) is 1. The summed E-state index contributed by atoms with van der Waals surface area (Å²) in [7, 11) is 0. The van der Waals surface area contributed by atoms with Crippen molar-refractivity contribution in [1.29, 1.82) is 0 Å². The molecule has 0 spiro atoms. The zero-order chi connectivity index (χ0) is 18.9. The fourth-order valence-corrected chi connectivity index (χ4v) is 4.37. The fraction of sp³-hybridized carbons (Fsp3) is 0.409. The van der Waals surface area contributed by atoms with Crippen molar-refractivity contribution < 1.29 is 14.4 Å². The molecule has 1 atom stereocenters. The molecule has 142 valence electrons. The first-order valence-corrected chi connectivity index (χ1v) is 10.1. The number of amidine groups is 1. The number of halogens is 1. The summed E-state index contributed by atoms with van der Waals surface area (Å²) >= 11 is 6.24. The normalized spacial score (nSPS) is 22.6. The van der Waals surface area contributed by atoms with E-state index in [0.717, 1.165) is 42.8 Å². The van der Waals surface area contributed by atoms with Gasteiger partial charge in [0.25, 0.3) is 11.6 Å². The minimum Gasteiger partial charge on any atom is -0.494 e. The fourth-order valence-electron chi connectivity index (χ4n) is 4.19. The maximum absolute atomic E-state index is 11.8. The Labute approximate surface area is 165 Å². The number of benzene rings is 2. The third-order valence-electron chi connectivity index (χ3n) is 5.48. The van der Waals surface area contributed by atoms with E-state index >= 15 is 0 Å². The average Bonchev–Trinajstić information content (AvgIpc) is 2.83. The molecule has 1 N–H and O–H groups in total. The van der Waals surface area contributed by atoms with Gasteiger partial charge in [-0.2, -0.15) is 0 Å². The second-order valence-electron chi connectivity index (χ2n) is 7.22. The van der Waals surface area contributed by atoms with Gasteiger partial charge in [-0.25, -0.2) is 9.48 Å². The van der Waals surface area contributed by atoms with Crippen LogP contribution in [0, 0.1) is 0 Å². The lowest BCUT2D eigenvalue weighted by Crippen LogP contribution is -2.41. The molecule has 4 nitrogen and oxygen atoms in total. The molecule has 0 aromatic heterocycles. The second kappa shape index (κ2) is 7.53. The Balaban J connectivity index is 1.75. The largest absolute Gasteiger partial charge is 0.494 e. The number of anilines is 1. The molecule has 0 fully saturated rings. The van der Waals surface area contributed by atoms with E-state index in [1.807, 2.05) is 49.4 Å². The third kappa shape index (κ3) is 3.44. The highest BCUT2D eigenvalue weighted by atomic mass is 35.5. The number of nitrogens with zero attached hydrogens (tertiary/aromatic N) is 2. The highest BCUT2D eigenvalue weighted by Crippen LogP contribution is 2.36. The Bertz CT molecular complexity index is 850. The Morgan fingerprint density at radius 2 is 1.96 bits per heavy atom. The zero-order valence-corrected chi connectivity index (χ0v) is 16.5. The van der Waals surface area contributed by atoms with Crippen molar-refractivity contribution in [3.05, 3.63) is 59.1 Å². The van der Waals surface area contributed by atoms with E-state index in [4.69, 9.17) is 16.3 Å². The quantitative estimate of drug-likeness (QED) is 0.793. The van der Waals surface area contributed by atoms with Crippen molar-refractivity contribution in [2.75, 3.05) is 24.6 Å². The van der Waals surface area contributed by atoms with Crippen LogP contribution < -0.4 is 9.64 Å². The number of ether oxygens (including phenoxy) is 1. The topological polar surface area (TPSA) is 35.7 Å². The van der Waals surface area contributed by atoms with E-state index in [-0.39, 0.29) is 0 Å². The van der Waals surface area contributed by atoms with Gasteiger partial charge in [0.05, 0.1) is 13.2 Å². The Kier molecular flexibility index (Phi) is 5.11. The number of aliphatic hydroxyl groups is 1. The molecule has 2 aromatic rings. The summed E-state index contributed by atoms with van der Waals surface area (Å²) in [6, 6.07) is 15.7. The standard InChI is InChI=1S/C22H26ClN2O2/c1-2-27-20-12-10-17(11-13-20)22(26)16-24(19-8-6-7-18(23)15-19)21-9-4-3-5-14-25(21)22/h6-8,10-13,15,26H,2-5,9,14,16H2,1H3/q+1. The summed E-state index contributed by atoms with van der Waals surface area (Å²) < 4.78 is 7.75. The molecule has 27 heavy (non-hydrogen) atoms. The van der Waals surface area contributed by atoms with Crippen molar-refractivity contribution in [2.45, 2.75) is 38.3 Å². The van der Waals surface area contributed by atoms with Crippen LogP contribution in [0.5, 0.6) is 5.75 Å². The molecule has 0 saturated carbocycles. The van der Waals surface area contributed by atoms with E-state index in [1.165, 1.54) is 12.3 Å². The van der Waals surface area contributed by atoms with Gasteiger partial charge in [-0.1, -0.05) is 17.7 Å². The monoisotopic (exact) mass is 385 g/mol. The van der Waals surface area contributed by atoms with Crippen LogP contribution >= 0.6 is 11.6 Å². The molecule has 5 heteroatoms. The summed E-state index contributed by atoms with van der Waals surface area (Å²) in [6.07, 6.45) is 4.38. The first kappa shape index (κ1) is 18.3. The Hall–Kier alpha value is -2.04. The Morgan fingerprint density at radius 1 is 1.15 bits per heavy atom. The van der Waals surface area contributed by atoms with Crippen LogP contribution in [0.1, 0.15) is 38.2 Å². The van der Waals surface area contributed by atoms with E-state index in [2.05, 4.69) is 15.5 Å². The van der Waals surface area contributed by atoms with Crippen molar-refractivity contribution in [2.24, 2.45) is 0 Å². The summed E-state index contributed by atoms with van der Waals surface area (Å²) in [6.45, 7) is 3.96. The van der Waals surface area contributed by atoms with Gasteiger partial charge in [-0.15, -0.1) is 0 Å². The van der Waals surface area contributed by atoms with Crippen LogP contribution in [0.3, 0.4) is 0 Å². The second-order valence-corrected chi connectivity index (χ2v) is 7.65. The minimum atomic E-state index is -1.05. The van der Waals surface area contributed by atoms with Crippen LogP contribution in [0.25, 0.3) is 0 Å². The molecule has 1 unspecified atom stereocenters. The molecule has 2 aliphatic heterocycles. The number of hydrogen-bond acceptors (Lipinski definition) is 3. The van der Waals surface area contributed by atoms with Gasteiger partial charge in [0, 0.05) is 23.1 Å². The minimum absolute atomic E-state index is 0.497. The van der Waals surface area contributed by atoms with Gasteiger partial charge < -0.3 is 9.84 Å². The molecule has 0 radical (unpaired) electrons. The molecule has 0 aliphatic carbocycles. The van der Waals surface area contributed by atoms with Crippen LogP contribution in [0.4, 0.5) is 5.69 Å².